The molecule has 2 heteroatoms. The number of para-hydroxylation sites is 1. The van der Waals surface area contributed by atoms with Gasteiger partial charge in [0.2, 0.25) is 0 Å². The Bertz CT molecular complexity index is 438. The second-order valence-electron chi connectivity index (χ2n) is 6.56. The summed E-state index contributed by atoms with van der Waals surface area (Å²) < 4.78 is 0. The monoisotopic (exact) mass is 244 g/mol. The average Bonchev–Trinajstić information content (AvgIpc) is 2.65. The Kier molecular flexibility index (Phi) is 2.86. The van der Waals surface area contributed by atoms with E-state index >= 15 is 0 Å². The van der Waals surface area contributed by atoms with E-state index in [1.54, 1.807) is 0 Å². The first-order chi connectivity index (χ1) is 8.59. The Hall–Kier alpha value is -1.02. The summed E-state index contributed by atoms with van der Waals surface area (Å²) in [6.45, 7) is 9.45. The van der Waals surface area contributed by atoms with E-state index in [1.165, 1.54) is 24.1 Å². The maximum Gasteiger partial charge on any atom is 0.0404 e. The highest BCUT2D eigenvalue weighted by molar-refractivity contribution is 5.60. The Morgan fingerprint density at radius 2 is 2.06 bits per heavy atom. The molecule has 2 heterocycles. The summed E-state index contributed by atoms with van der Waals surface area (Å²) in [6.07, 6.45) is 2.46. The van der Waals surface area contributed by atoms with Gasteiger partial charge in [0.25, 0.3) is 0 Å². The molecule has 0 aromatic heterocycles. The molecule has 18 heavy (non-hydrogen) atoms. The van der Waals surface area contributed by atoms with Crippen molar-refractivity contribution in [3.8, 4) is 0 Å². The van der Waals surface area contributed by atoms with Crippen LogP contribution in [0.25, 0.3) is 0 Å². The molecule has 1 N–H and O–H groups in total. The molecule has 1 aromatic rings. The molecule has 1 aromatic carbocycles. The van der Waals surface area contributed by atoms with Crippen LogP contribution in [0, 0.1) is 5.41 Å². The summed E-state index contributed by atoms with van der Waals surface area (Å²) in [6, 6.07) is 10.2. The zero-order valence-electron chi connectivity index (χ0n) is 11.7. The van der Waals surface area contributed by atoms with Crippen LogP contribution in [-0.4, -0.2) is 25.2 Å². The highest BCUT2D eigenvalue weighted by Crippen LogP contribution is 2.40. The highest BCUT2D eigenvalue weighted by Gasteiger charge is 2.41. The van der Waals surface area contributed by atoms with Crippen molar-refractivity contribution in [1.82, 2.24) is 5.32 Å². The summed E-state index contributed by atoms with van der Waals surface area (Å²) in [4.78, 5) is 2.69. The number of rotatable bonds is 1. The van der Waals surface area contributed by atoms with E-state index in [-0.39, 0.29) is 0 Å². The van der Waals surface area contributed by atoms with Crippen LogP contribution in [0.5, 0.6) is 0 Å². The first kappa shape index (κ1) is 12.0. The predicted octanol–water partition coefficient (Wildman–Crippen LogP) is 2.83. The maximum absolute atomic E-state index is 3.54. The number of nitrogens with one attached hydrogen (secondary N) is 1. The van der Waals surface area contributed by atoms with Crippen LogP contribution < -0.4 is 10.2 Å². The van der Waals surface area contributed by atoms with E-state index in [9.17, 15) is 0 Å². The zero-order chi connectivity index (χ0) is 12.8. The molecule has 0 radical (unpaired) electrons. The van der Waals surface area contributed by atoms with Gasteiger partial charge in [-0.1, -0.05) is 32.0 Å². The van der Waals surface area contributed by atoms with Crippen molar-refractivity contribution in [1.29, 1.82) is 0 Å². The van der Waals surface area contributed by atoms with Crippen molar-refractivity contribution in [2.45, 2.75) is 45.7 Å². The minimum atomic E-state index is 0.351. The van der Waals surface area contributed by atoms with Crippen LogP contribution in [0.15, 0.2) is 24.3 Å². The molecule has 0 aliphatic carbocycles. The second kappa shape index (κ2) is 4.27. The third-order valence-corrected chi connectivity index (χ3v) is 4.67. The lowest BCUT2D eigenvalue weighted by Gasteiger charge is -2.47. The lowest BCUT2D eigenvalue weighted by molar-refractivity contribution is 0.205. The molecule has 2 aliphatic rings. The largest absolute Gasteiger partial charge is 0.365 e. The van der Waals surface area contributed by atoms with E-state index in [0.29, 0.717) is 17.5 Å². The van der Waals surface area contributed by atoms with Gasteiger partial charge in [-0.15, -0.1) is 0 Å². The maximum atomic E-state index is 3.54. The van der Waals surface area contributed by atoms with Crippen molar-refractivity contribution < 1.29 is 0 Å². The molecule has 2 nitrogen and oxygen atoms in total. The SMILES string of the molecule is CC1Cc2ccccc2N1C1CCNCC1(C)C. The predicted molar refractivity (Wildman–Crippen MR) is 77.1 cm³/mol. The van der Waals surface area contributed by atoms with Gasteiger partial charge in [-0.05, 0) is 43.4 Å². The lowest BCUT2D eigenvalue weighted by atomic mass is 9.78. The van der Waals surface area contributed by atoms with Gasteiger partial charge in [-0.25, -0.2) is 0 Å². The Labute approximate surface area is 110 Å². The molecule has 0 spiro atoms. The molecular formula is C16H24N2. The number of benzene rings is 1. The summed E-state index contributed by atoms with van der Waals surface area (Å²) in [5.41, 5.74) is 3.36. The molecule has 2 aliphatic heterocycles. The van der Waals surface area contributed by atoms with E-state index < -0.39 is 0 Å². The Morgan fingerprint density at radius 1 is 1.28 bits per heavy atom. The second-order valence-corrected chi connectivity index (χ2v) is 6.56. The van der Waals surface area contributed by atoms with Crippen LogP contribution in [0.1, 0.15) is 32.8 Å². The smallest absolute Gasteiger partial charge is 0.0404 e. The standard InChI is InChI=1S/C16H24N2/c1-12-10-13-6-4-5-7-14(13)18(12)15-8-9-17-11-16(15,2)3/h4-7,12,15,17H,8-11H2,1-3H3. The molecule has 0 amide bonds. The van der Waals surface area contributed by atoms with E-state index in [0.717, 1.165) is 13.1 Å². The van der Waals surface area contributed by atoms with Crippen molar-refractivity contribution in [2.24, 2.45) is 5.41 Å². The van der Waals surface area contributed by atoms with E-state index in [2.05, 4.69) is 55.3 Å². The van der Waals surface area contributed by atoms with Gasteiger partial charge >= 0.3 is 0 Å². The third kappa shape index (κ3) is 1.83. The fraction of sp³-hybridized carbons (Fsp3) is 0.625. The van der Waals surface area contributed by atoms with Gasteiger partial charge in [0.05, 0.1) is 0 Å². The van der Waals surface area contributed by atoms with Crippen LogP contribution in [0.2, 0.25) is 0 Å². The lowest BCUT2D eigenvalue weighted by Crippen LogP contribution is -2.56. The van der Waals surface area contributed by atoms with Gasteiger partial charge in [0.15, 0.2) is 0 Å². The number of piperidine rings is 1. The van der Waals surface area contributed by atoms with Gasteiger partial charge < -0.3 is 10.2 Å². The molecule has 2 unspecified atom stereocenters. The van der Waals surface area contributed by atoms with E-state index in [1.807, 2.05) is 0 Å². The topological polar surface area (TPSA) is 15.3 Å². The molecule has 98 valence electrons. The molecule has 1 saturated heterocycles. The van der Waals surface area contributed by atoms with Crippen molar-refractivity contribution in [3.63, 3.8) is 0 Å². The Balaban J connectivity index is 1.96. The Morgan fingerprint density at radius 3 is 2.83 bits per heavy atom. The number of hydrogen-bond donors (Lipinski definition) is 1. The van der Waals surface area contributed by atoms with Crippen LogP contribution in [0.3, 0.4) is 0 Å². The molecule has 0 bridgehead atoms. The number of hydrogen-bond acceptors (Lipinski definition) is 2. The van der Waals surface area contributed by atoms with Crippen LogP contribution >= 0.6 is 0 Å². The quantitative estimate of drug-likeness (QED) is 0.817. The molecule has 0 saturated carbocycles. The van der Waals surface area contributed by atoms with Crippen molar-refractivity contribution >= 4 is 5.69 Å². The summed E-state index contributed by atoms with van der Waals surface area (Å²) in [5.74, 6) is 0. The fourth-order valence-electron chi connectivity index (χ4n) is 3.74. The van der Waals surface area contributed by atoms with Crippen LogP contribution in [-0.2, 0) is 6.42 Å². The average molecular weight is 244 g/mol. The van der Waals surface area contributed by atoms with Gasteiger partial charge in [0, 0.05) is 24.3 Å². The summed E-state index contributed by atoms with van der Waals surface area (Å²) in [5, 5.41) is 3.54. The minimum absolute atomic E-state index is 0.351. The van der Waals surface area contributed by atoms with Crippen molar-refractivity contribution in [3.05, 3.63) is 29.8 Å². The minimum Gasteiger partial charge on any atom is -0.365 e. The highest BCUT2D eigenvalue weighted by atomic mass is 15.2. The molecular weight excluding hydrogens is 220 g/mol. The van der Waals surface area contributed by atoms with E-state index in [4.69, 9.17) is 0 Å². The summed E-state index contributed by atoms with van der Waals surface area (Å²) >= 11 is 0. The first-order valence-electron chi connectivity index (χ1n) is 7.16. The first-order valence-corrected chi connectivity index (χ1v) is 7.16. The number of fused-ring (bicyclic) bond motifs is 1. The number of anilines is 1. The van der Waals surface area contributed by atoms with Gasteiger partial charge in [-0.2, -0.15) is 0 Å². The summed E-state index contributed by atoms with van der Waals surface area (Å²) in [7, 11) is 0. The normalized spacial score (nSPS) is 30.3. The molecule has 3 rings (SSSR count). The van der Waals surface area contributed by atoms with Crippen molar-refractivity contribution in [2.75, 3.05) is 18.0 Å². The zero-order valence-corrected chi connectivity index (χ0v) is 11.7. The molecule has 1 fully saturated rings. The van der Waals surface area contributed by atoms with Gasteiger partial charge in [0.1, 0.15) is 0 Å². The van der Waals surface area contributed by atoms with Crippen LogP contribution in [0.4, 0.5) is 5.69 Å². The third-order valence-electron chi connectivity index (χ3n) is 4.67. The number of nitrogens with zero attached hydrogens (tertiary/aromatic N) is 1. The van der Waals surface area contributed by atoms with Gasteiger partial charge in [-0.3, -0.25) is 0 Å². The fourth-order valence-corrected chi connectivity index (χ4v) is 3.74. The molecule has 2 atom stereocenters.